The standard InChI is InChI=1S/C11H20F3NO2/c1-3-6-15(7-4-2)8-5-10(16)17-9-11(12,13)14/h3-9H2,1-2H3. The molecule has 0 aromatic heterocycles. The lowest BCUT2D eigenvalue weighted by Gasteiger charge is -2.20. The topological polar surface area (TPSA) is 29.5 Å². The quantitative estimate of drug-likeness (QED) is 0.624. The molecule has 6 heteroatoms. The molecule has 0 unspecified atom stereocenters. The maximum atomic E-state index is 11.8. The number of hydrogen-bond donors (Lipinski definition) is 0. The summed E-state index contributed by atoms with van der Waals surface area (Å²) in [5.41, 5.74) is 0. The van der Waals surface area contributed by atoms with Gasteiger partial charge in [-0.1, -0.05) is 13.8 Å². The van der Waals surface area contributed by atoms with Crippen LogP contribution in [0, 0.1) is 0 Å². The predicted octanol–water partition coefficient (Wildman–Crippen LogP) is 2.60. The highest BCUT2D eigenvalue weighted by atomic mass is 19.4. The van der Waals surface area contributed by atoms with Crippen LogP contribution in [0.15, 0.2) is 0 Å². The third-order valence-electron chi connectivity index (χ3n) is 2.11. The van der Waals surface area contributed by atoms with E-state index in [1.54, 1.807) is 0 Å². The number of alkyl halides is 3. The van der Waals surface area contributed by atoms with Crippen LogP contribution in [0.1, 0.15) is 33.1 Å². The van der Waals surface area contributed by atoms with Gasteiger partial charge < -0.3 is 9.64 Å². The first-order valence-electron chi connectivity index (χ1n) is 5.83. The van der Waals surface area contributed by atoms with E-state index in [-0.39, 0.29) is 6.42 Å². The van der Waals surface area contributed by atoms with Gasteiger partial charge in [-0.3, -0.25) is 4.79 Å². The summed E-state index contributed by atoms with van der Waals surface area (Å²) in [4.78, 5) is 13.1. The number of ether oxygens (including phenoxy) is 1. The summed E-state index contributed by atoms with van der Waals surface area (Å²) in [5, 5.41) is 0. The smallest absolute Gasteiger partial charge is 0.422 e. The summed E-state index contributed by atoms with van der Waals surface area (Å²) in [6.07, 6.45) is -2.52. The molecule has 0 N–H and O–H groups in total. The van der Waals surface area contributed by atoms with Crippen molar-refractivity contribution in [1.29, 1.82) is 0 Å². The van der Waals surface area contributed by atoms with E-state index in [1.807, 2.05) is 13.8 Å². The molecule has 102 valence electrons. The Labute approximate surface area is 99.9 Å². The van der Waals surface area contributed by atoms with Gasteiger partial charge in [-0.15, -0.1) is 0 Å². The molecule has 17 heavy (non-hydrogen) atoms. The molecule has 0 aromatic carbocycles. The SMILES string of the molecule is CCCN(CCC)CCC(=O)OCC(F)(F)F. The van der Waals surface area contributed by atoms with Crippen molar-refractivity contribution in [1.82, 2.24) is 4.90 Å². The van der Waals surface area contributed by atoms with Gasteiger partial charge in [-0.2, -0.15) is 13.2 Å². The van der Waals surface area contributed by atoms with Gasteiger partial charge in [0, 0.05) is 6.54 Å². The number of carbonyl (C=O) groups excluding carboxylic acids is 1. The van der Waals surface area contributed by atoms with Crippen molar-refractivity contribution in [3.63, 3.8) is 0 Å². The Bertz CT molecular complexity index is 213. The third kappa shape index (κ3) is 10.1. The van der Waals surface area contributed by atoms with E-state index in [0.29, 0.717) is 6.54 Å². The van der Waals surface area contributed by atoms with Crippen LogP contribution in [0.3, 0.4) is 0 Å². The van der Waals surface area contributed by atoms with Crippen LogP contribution in [0.25, 0.3) is 0 Å². The number of halogens is 3. The third-order valence-corrected chi connectivity index (χ3v) is 2.11. The summed E-state index contributed by atoms with van der Waals surface area (Å²) in [5.74, 6) is -0.792. The maximum absolute atomic E-state index is 11.8. The van der Waals surface area contributed by atoms with Crippen LogP contribution in [0.5, 0.6) is 0 Å². The van der Waals surface area contributed by atoms with Crippen molar-refractivity contribution < 1.29 is 22.7 Å². The van der Waals surface area contributed by atoms with E-state index in [1.165, 1.54) is 0 Å². The minimum absolute atomic E-state index is 0.0100. The van der Waals surface area contributed by atoms with Crippen LogP contribution in [-0.2, 0) is 9.53 Å². The van der Waals surface area contributed by atoms with Crippen molar-refractivity contribution in [2.24, 2.45) is 0 Å². The largest absolute Gasteiger partial charge is 0.456 e. The molecular weight excluding hydrogens is 235 g/mol. The van der Waals surface area contributed by atoms with Crippen LogP contribution < -0.4 is 0 Å². The van der Waals surface area contributed by atoms with Gasteiger partial charge in [-0.25, -0.2) is 0 Å². The fourth-order valence-electron chi connectivity index (χ4n) is 1.45. The average Bonchev–Trinajstić information content (AvgIpc) is 2.23. The lowest BCUT2D eigenvalue weighted by Crippen LogP contribution is -2.29. The average molecular weight is 255 g/mol. The van der Waals surface area contributed by atoms with Gasteiger partial charge in [0.05, 0.1) is 6.42 Å². The zero-order valence-electron chi connectivity index (χ0n) is 10.3. The van der Waals surface area contributed by atoms with E-state index in [2.05, 4.69) is 9.64 Å². The molecule has 3 nitrogen and oxygen atoms in total. The summed E-state index contributed by atoms with van der Waals surface area (Å²) in [7, 11) is 0. The predicted molar refractivity (Wildman–Crippen MR) is 58.7 cm³/mol. The summed E-state index contributed by atoms with van der Waals surface area (Å²) in [6.45, 7) is 4.70. The van der Waals surface area contributed by atoms with Crippen molar-refractivity contribution >= 4 is 5.97 Å². The fourth-order valence-corrected chi connectivity index (χ4v) is 1.45. The molecule has 0 aliphatic rings. The molecule has 0 aromatic rings. The second-order valence-electron chi connectivity index (χ2n) is 3.87. The molecule has 0 radical (unpaired) electrons. The fraction of sp³-hybridized carbons (Fsp3) is 0.909. The normalized spacial score (nSPS) is 11.9. The van der Waals surface area contributed by atoms with Crippen LogP contribution in [-0.4, -0.2) is 43.3 Å². The minimum Gasteiger partial charge on any atom is -0.456 e. The molecule has 0 rings (SSSR count). The Morgan fingerprint density at radius 1 is 1.12 bits per heavy atom. The molecule has 0 saturated carbocycles. The molecule has 0 atom stereocenters. The van der Waals surface area contributed by atoms with Crippen molar-refractivity contribution in [3.05, 3.63) is 0 Å². The highest BCUT2D eigenvalue weighted by Gasteiger charge is 2.29. The summed E-state index contributed by atoms with van der Waals surface area (Å²) in [6, 6.07) is 0. The molecule has 0 amide bonds. The van der Waals surface area contributed by atoms with E-state index in [0.717, 1.165) is 25.9 Å². The van der Waals surface area contributed by atoms with Gasteiger partial charge >= 0.3 is 12.1 Å². The van der Waals surface area contributed by atoms with Crippen molar-refractivity contribution in [2.45, 2.75) is 39.3 Å². The monoisotopic (exact) mass is 255 g/mol. The highest BCUT2D eigenvalue weighted by molar-refractivity contribution is 5.69. The Morgan fingerprint density at radius 2 is 1.65 bits per heavy atom. The first-order chi connectivity index (χ1) is 7.89. The van der Waals surface area contributed by atoms with Gasteiger partial charge in [0.15, 0.2) is 6.61 Å². The number of rotatable bonds is 8. The Kier molecular flexibility index (Phi) is 7.95. The van der Waals surface area contributed by atoms with Gasteiger partial charge in [0.25, 0.3) is 0 Å². The maximum Gasteiger partial charge on any atom is 0.422 e. The second kappa shape index (κ2) is 8.33. The highest BCUT2D eigenvalue weighted by Crippen LogP contribution is 2.14. The van der Waals surface area contributed by atoms with E-state index in [4.69, 9.17) is 0 Å². The molecule has 0 bridgehead atoms. The van der Waals surface area contributed by atoms with Gasteiger partial charge in [0.1, 0.15) is 0 Å². The van der Waals surface area contributed by atoms with Gasteiger partial charge in [-0.05, 0) is 25.9 Å². The molecule has 0 aliphatic carbocycles. The number of hydrogen-bond acceptors (Lipinski definition) is 3. The molecule has 0 spiro atoms. The molecular formula is C11H20F3NO2. The first kappa shape index (κ1) is 16.2. The number of carbonyl (C=O) groups is 1. The molecule has 0 heterocycles. The van der Waals surface area contributed by atoms with E-state index >= 15 is 0 Å². The Morgan fingerprint density at radius 3 is 2.06 bits per heavy atom. The number of esters is 1. The van der Waals surface area contributed by atoms with Crippen LogP contribution in [0.2, 0.25) is 0 Å². The molecule has 0 saturated heterocycles. The molecule has 0 aliphatic heterocycles. The Balaban J connectivity index is 3.79. The first-order valence-corrected chi connectivity index (χ1v) is 5.83. The minimum atomic E-state index is -4.44. The lowest BCUT2D eigenvalue weighted by molar-refractivity contribution is -0.186. The Hall–Kier alpha value is -0.780. The van der Waals surface area contributed by atoms with Crippen molar-refractivity contribution in [3.8, 4) is 0 Å². The van der Waals surface area contributed by atoms with Crippen LogP contribution >= 0.6 is 0 Å². The van der Waals surface area contributed by atoms with Crippen LogP contribution in [0.4, 0.5) is 13.2 Å². The zero-order valence-corrected chi connectivity index (χ0v) is 10.3. The van der Waals surface area contributed by atoms with Crippen molar-refractivity contribution in [2.75, 3.05) is 26.2 Å². The lowest BCUT2D eigenvalue weighted by atomic mass is 10.3. The summed E-state index contributed by atoms with van der Waals surface area (Å²) >= 11 is 0. The zero-order chi connectivity index (χ0) is 13.3. The number of nitrogens with zero attached hydrogens (tertiary/aromatic N) is 1. The summed E-state index contributed by atoms with van der Waals surface area (Å²) < 4.78 is 39.4. The van der Waals surface area contributed by atoms with Gasteiger partial charge in [0.2, 0.25) is 0 Å². The second-order valence-corrected chi connectivity index (χ2v) is 3.87. The van der Waals surface area contributed by atoms with E-state index in [9.17, 15) is 18.0 Å². The van der Waals surface area contributed by atoms with E-state index < -0.39 is 18.8 Å². The molecule has 0 fully saturated rings.